The van der Waals surface area contributed by atoms with E-state index in [1.54, 1.807) is 19.1 Å². The second-order valence-electron chi connectivity index (χ2n) is 2.25. The highest BCUT2D eigenvalue weighted by Gasteiger charge is 2.03. The van der Waals surface area contributed by atoms with Crippen LogP contribution >= 0.6 is 11.6 Å². The summed E-state index contributed by atoms with van der Waals surface area (Å²) in [4.78, 5) is 3.97. The maximum atomic E-state index is 8.91. The smallest absolute Gasteiger partial charge is 0.145 e. The summed E-state index contributed by atoms with van der Waals surface area (Å²) in [5, 5.41) is 9.49. The van der Waals surface area contributed by atoms with Crippen LogP contribution in [0, 0.1) is 6.92 Å². The van der Waals surface area contributed by atoms with E-state index in [2.05, 4.69) is 4.98 Å². The van der Waals surface area contributed by atoms with Crippen molar-refractivity contribution in [2.45, 2.75) is 13.2 Å². The Morgan fingerprint density at radius 2 is 2.27 bits per heavy atom. The van der Waals surface area contributed by atoms with Crippen molar-refractivity contribution in [3.63, 3.8) is 0 Å². The van der Waals surface area contributed by atoms with Crippen molar-refractivity contribution < 1.29 is 5.11 Å². The topological polar surface area (TPSA) is 59.1 Å². The molecular weight excluding hydrogens is 164 g/mol. The number of rotatable bonds is 1. The van der Waals surface area contributed by atoms with Gasteiger partial charge < -0.3 is 10.8 Å². The maximum Gasteiger partial charge on any atom is 0.145 e. The number of hydrogen-bond donors (Lipinski definition) is 2. The minimum atomic E-state index is -1.02. The Balaban J connectivity index is 3.05. The standard InChI is InChI=1S/C7H9ClN2O/c1-4-5(8)2-3-6(10-4)7(9)11/h2-3,7,11H,9H2,1H3. The predicted molar refractivity (Wildman–Crippen MR) is 43.1 cm³/mol. The zero-order valence-electron chi connectivity index (χ0n) is 6.08. The van der Waals surface area contributed by atoms with Gasteiger partial charge in [0, 0.05) is 0 Å². The van der Waals surface area contributed by atoms with Crippen molar-refractivity contribution in [2.24, 2.45) is 5.73 Å². The van der Waals surface area contributed by atoms with E-state index in [1.165, 1.54) is 0 Å². The number of aryl methyl sites for hydroxylation is 1. The first-order chi connectivity index (χ1) is 5.11. The van der Waals surface area contributed by atoms with Gasteiger partial charge in [-0.25, -0.2) is 0 Å². The van der Waals surface area contributed by atoms with E-state index in [0.29, 0.717) is 16.4 Å². The fourth-order valence-electron chi connectivity index (χ4n) is 0.728. The van der Waals surface area contributed by atoms with Gasteiger partial charge in [0.15, 0.2) is 0 Å². The molecule has 3 N–H and O–H groups in total. The molecule has 1 atom stereocenters. The molecule has 1 rings (SSSR count). The molecule has 3 nitrogen and oxygen atoms in total. The van der Waals surface area contributed by atoms with Crippen molar-refractivity contribution >= 4 is 11.6 Å². The Morgan fingerprint density at radius 1 is 1.64 bits per heavy atom. The second kappa shape index (κ2) is 3.17. The van der Waals surface area contributed by atoms with E-state index in [9.17, 15) is 0 Å². The molecule has 0 aliphatic rings. The molecule has 60 valence electrons. The van der Waals surface area contributed by atoms with E-state index < -0.39 is 6.23 Å². The first kappa shape index (κ1) is 8.46. The lowest BCUT2D eigenvalue weighted by molar-refractivity contribution is 0.181. The van der Waals surface area contributed by atoms with E-state index >= 15 is 0 Å². The zero-order valence-corrected chi connectivity index (χ0v) is 6.84. The summed E-state index contributed by atoms with van der Waals surface area (Å²) in [5.74, 6) is 0. The van der Waals surface area contributed by atoms with Gasteiger partial charge in [0.25, 0.3) is 0 Å². The van der Waals surface area contributed by atoms with Gasteiger partial charge in [0.05, 0.1) is 16.4 Å². The number of hydrogen-bond acceptors (Lipinski definition) is 3. The van der Waals surface area contributed by atoms with Gasteiger partial charge in [-0.2, -0.15) is 0 Å². The van der Waals surface area contributed by atoms with Crippen LogP contribution in [0.4, 0.5) is 0 Å². The molecule has 0 fully saturated rings. The Hall–Kier alpha value is -0.640. The molecule has 0 saturated carbocycles. The van der Waals surface area contributed by atoms with Crippen molar-refractivity contribution in [1.29, 1.82) is 0 Å². The van der Waals surface area contributed by atoms with Crippen molar-refractivity contribution in [1.82, 2.24) is 4.98 Å². The molecule has 11 heavy (non-hydrogen) atoms. The van der Waals surface area contributed by atoms with Gasteiger partial charge in [-0.3, -0.25) is 4.98 Å². The van der Waals surface area contributed by atoms with E-state index in [4.69, 9.17) is 22.4 Å². The quantitative estimate of drug-likeness (QED) is 0.622. The molecule has 0 amide bonds. The molecule has 1 unspecified atom stereocenters. The lowest BCUT2D eigenvalue weighted by Gasteiger charge is -2.04. The minimum Gasteiger partial charge on any atom is -0.373 e. The van der Waals surface area contributed by atoms with E-state index in [1.807, 2.05) is 0 Å². The summed E-state index contributed by atoms with van der Waals surface area (Å²) < 4.78 is 0. The number of aliphatic hydroxyl groups excluding tert-OH is 1. The first-order valence-electron chi connectivity index (χ1n) is 3.18. The number of nitrogens with zero attached hydrogens (tertiary/aromatic N) is 1. The van der Waals surface area contributed by atoms with Gasteiger partial charge in [-0.1, -0.05) is 11.6 Å². The van der Waals surface area contributed by atoms with Crippen molar-refractivity contribution in [3.8, 4) is 0 Å². The highest BCUT2D eigenvalue weighted by Crippen LogP contribution is 2.14. The molecule has 0 spiro atoms. The van der Waals surface area contributed by atoms with Crippen molar-refractivity contribution in [3.05, 3.63) is 28.5 Å². The van der Waals surface area contributed by atoms with Crippen LogP contribution in [0.3, 0.4) is 0 Å². The summed E-state index contributed by atoms with van der Waals surface area (Å²) in [6.45, 7) is 1.76. The molecule has 1 aromatic rings. The molecular formula is C7H9ClN2O. The SMILES string of the molecule is Cc1nc(C(N)O)ccc1Cl. The number of pyridine rings is 1. The number of halogens is 1. The van der Waals surface area contributed by atoms with Gasteiger partial charge in [0.1, 0.15) is 6.23 Å². The largest absolute Gasteiger partial charge is 0.373 e. The van der Waals surface area contributed by atoms with E-state index in [-0.39, 0.29) is 0 Å². The number of aromatic nitrogens is 1. The third-order valence-corrected chi connectivity index (χ3v) is 1.75. The molecule has 0 aliphatic carbocycles. The molecule has 0 aromatic carbocycles. The third kappa shape index (κ3) is 1.89. The molecule has 0 radical (unpaired) electrons. The van der Waals surface area contributed by atoms with Crippen molar-refractivity contribution in [2.75, 3.05) is 0 Å². The number of aliphatic hydroxyl groups is 1. The predicted octanol–water partition coefficient (Wildman–Crippen LogP) is 0.993. The van der Waals surface area contributed by atoms with Crippen LogP contribution in [0.25, 0.3) is 0 Å². The van der Waals surface area contributed by atoms with Gasteiger partial charge in [-0.05, 0) is 19.1 Å². The van der Waals surface area contributed by atoms with Crippen LogP contribution in [0.15, 0.2) is 12.1 Å². The normalized spacial score (nSPS) is 13.1. The van der Waals surface area contributed by atoms with Crippen LogP contribution in [-0.2, 0) is 0 Å². The summed E-state index contributed by atoms with van der Waals surface area (Å²) >= 11 is 5.70. The number of nitrogens with two attached hydrogens (primary N) is 1. The zero-order chi connectivity index (χ0) is 8.43. The Kier molecular flexibility index (Phi) is 2.44. The second-order valence-corrected chi connectivity index (χ2v) is 2.66. The average molecular weight is 173 g/mol. The first-order valence-corrected chi connectivity index (χ1v) is 3.56. The molecule has 0 saturated heterocycles. The average Bonchev–Trinajstić information content (AvgIpc) is 1.94. The maximum absolute atomic E-state index is 8.91. The van der Waals surface area contributed by atoms with E-state index in [0.717, 1.165) is 0 Å². The summed E-state index contributed by atoms with van der Waals surface area (Å²) in [6.07, 6.45) is -1.02. The summed E-state index contributed by atoms with van der Waals surface area (Å²) in [5.41, 5.74) is 6.29. The van der Waals surface area contributed by atoms with Crippen LogP contribution in [0.5, 0.6) is 0 Å². The van der Waals surface area contributed by atoms with Crippen LogP contribution < -0.4 is 5.73 Å². The lowest BCUT2D eigenvalue weighted by Crippen LogP contribution is -2.10. The minimum absolute atomic E-state index is 0.437. The highest BCUT2D eigenvalue weighted by atomic mass is 35.5. The van der Waals surface area contributed by atoms with Gasteiger partial charge >= 0.3 is 0 Å². The molecule has 1 aromatic heterocycles. The molecule has 1 heterocycles. The van der Waals surface area contributed by atoms with Crippen LogP contribution in [-0.4, -0.2) is 10.1 Å². The monoisotopic (exact) mass is 172 g/mol. The van der Waals surface area contributed by atoms with Crippen LogP contribution in [0.2, 0.25) is 5.02 Å². The highest BCUT2D eigenvalue weighted by molar-refractivity contribution is 6.31. The molecule has 0 aliphatic heterocycles. The van der Waals surface area contributed by atoms with Gasteiger partial charge in [0.2, 0.25) is 0 Å². The lowest BCUT2D eigenvalue weighted by atomic mass is 10.3. The molecule has 4 heteroatoms. The summed E-state index contributed by atoms with van der Waals surface area (Å²) in [7, 11) is 0. The van der Waals surface area contributed by atoms with Crippen LogP contribution in [0.1, 0.15) is 17.6 Å². The third-order valence-electron chi connectivity index (χ3n) is 1.35. The fraction of sp³-hybridized carbons (Fsp3) is 0.286. The van der Waals surface area contributed by atoms with Gasteiger partial charge in [-0.15, -0.1) is 0 Å². The Labute approximate surface area is 69.8 Å². The molecule has 0 bridgehead atoms. The Bertz CT molecular complexity index is 263. The summed E-state index contributed by atoms with van der Waals surface area (Å²) in [6, 6.07) is 3.26. The Morgan fingerprint density at radius 3 is 2.73 bits per heavy atom. The fourth-order valence-corrected chi connectivity index (χ4v) is 0.833.